The third-order valence-corrected chi connectivity index (χ3v) is 2.25. The summed E-state index contributed by atoms with van der Waals surface area (Å²) in [7, 11) is 0. The lowest BCUT2D eigenvalue weighted by molar-refractivity contribution is -0.134. The normalized spacial score (nSPS) is 29.9. The van der Waals surface area contributed by atoms with Crippen molar-refractivity contribution in [3.8, 4) is 0 Å². The molecule has 13 heavy (non-hydrogen) atoms. The van der Waals surface area contributed by atoms with Gasteiger partial charge in [0.25, 0.3) is 0 Å². The number of ether oxygens (including phenoxy) is 1. The minimum atomic E-state index is -0.325. The van der Waals surface area contributed by atoms with Gasteiger partial charge in [0.15, 0.2) is 0 Å². The molecule has 1 aliphatic heterocycles. The zero-order valence-electron chi connectivity index (χ0n) is 7.90. The van der Waals surface area contributed by atoms with E-state index < -0.39 is 0 Å². The van der Waals surface area contributed by atoms with Crippen molar-refractivity contribution in [2.24, 2.45) is 5.73 Å². The number of primary amides is 1. The first-order valence-corrected chi connectivity index (χ1v) is 4.42. The molecule has 74 valence electrons. The highest BCUT2D eigenvalue weighted by atomic mass is 16.5. The van der Waals surface area contributed by atoms with Crippen LogP contribution in [0.15, 0.2) is 12.7 Å². The van der Waals surface area contributed by atoms with Gasteiger partial charge in [0.05, 0.1) is 12.7 Å². The Morgan fingerprint density at radius 3 is 3.08 bits per heavy atom. The van der Waals surface area contributed by atoms with Crippen LogP contribution in [-0.2, 0) is 9.53 Å². The molecule has 1 heterocycles. The van der Waals surface area contributed by atoms with E-state index in [2.05, 4.69) is 6.58 Å². The van der Waals surface area contributed by atoms with Crippen LogP contribution in [0.1, 0.15) is 6.92 Å². The fourth-order valence-corrected chi connectivity index (χ4v) is 1.66. The van der Waals surface area contributed by atoms with E-state index in [1.807, 2.05) is 11.8 Å². The number of carbonyl (C=O) groups is 1. The zero-order chi connectivity index (χ0) is 9.84. The molecule has 1 fully saturated rings. The van der Waals surface area contributed by atoms with Gasteiger partial charge < -0.3 is 10.5 Å². The van der Waals surface area contributed by atoms with Gasteiger partial charge in [-0.3, -0.25) is 9.69 Å². The quantitative estimate of drug-likeness (QED) is 0.615. The first kappa shape index (κ1) is 10.2. The topological polar surface area (TPSA) is 55.6 Å². The van der Waals surface area contributed by atoms with Crippen LogP contribution in [0.4, 0.5) is 0 Å². The van der Waals surface area contributed by atoms with E-state index in [0.29, 0.717) is 13.2 Å². The number of rotatable bonds is 3. The molecule has 0 unspecified atom stereocenters. The van der Waals surface area contributed by atoms with Gasteiger partial charge in [-0.15, -0.1) is 6.58 Å². The van der Waals surface area contributed by atoms with Crippen molar-refractivity contribution in [3.63, 3.8) is 0 Å². The average Bonchev–Trinajstić information content (AvgIpc) is 2.04. The highest BCUT2D eigenvalue weighted by Gasteiger charge is 2.32. The van der Waals surface area contributed by atoms with Crippen molar-refractivity contribution in [3.05, 3.63) is 12.7 Å². The Morgan fingerprint density at radius 1 is 1.85 bits per heavy atom. The maximum absolute atomic E-state index is 11.1. The van der Waals surface area contributed by atoms with Crippen molar-refractivity contribution in [1.29, 1.82) is 0 Å². The molecule has 4 heteroatoms. The molecule has 0 bridgehead atoms. The van der Waals surface area contributed by atoms with Gasteiger partial charge in [-0.1, -0.05) is 6.08 Å². The van der Waals surface area contributed by atoms with Crippen molar-refractivity contribution < 1.29 is 9.53 Å². The summed E-state index contributed by atoms with van der Waals surface area (Å²) < 4.78 is 5.35. The highest BCUT2D eigenvalue weighted by molar-refractivity contribution is 5.80. The number of morpholine rings is 1. The predicted molar refractivity (Wildman–Crippen MR) is 50.2 cm³/mol. The second-order valence-corrected chi connectivity index (χ2v) is 3.21. The number of nitrogens with two attached hydrogens (primary N) is 1. The molecule has 0 radical (unpaired) electrons. The molecule has 0 aliphatic carbocycles. The number of nitrogens with zero attached hydrogens (tertiary/aromatic N) is 1. The van der Waals surface area contributed by atoms with Crippen LogP contribution in [-0.4, -0.2) is 42.6 Å². The van der Waals surface area contributed by atoms with Crippen LogP contribution in [0.25, 0.3) is 0 Å². The van der Waals surface area contributed by atoms with Gasteiger partial charge in [0, 0.05) is 13.1 Å². The molecular formula is C9H16N2O2. The molecule has 0 saturated carbocycles. The lowest BCUT2D eigenvalue weighted by Crippen LogP contribution is -2.56. The smallest absolute Gasteiger partial charge is 0.237 e. The summed E-state index contributed by atoms with van der Waals surface area (Å²) in [5, 5.41) is 0. The third-order valence-electron chi connectivity index (χ3n) is 2.25. The fourth-order valence-electron chi connectivity index (χ4n) is 1.66. The zero-order valence-corrected chi connectivity index (χ0v) is 7.90. The molecule has 2 atom stereocenters. The summed E-state index contributed by atoms with van der Waals surface area (Å²) in [4.78, 5) is 13.1. The maximum Gasteiger partial charge on any atom is 0.237 e. The second kappa shape index (κ2) is 4.39. The van der Waals surface area contributed by atoms with Crippen molar-refractivity contribution >= 4 is 5.91 Å². The first-order chi connectivity index (χ1) is 6.16. The van der Waals surface area contributed by atoms with Crippen LogP contribution in [0.5, 0.6) is 0 Å². The fraction of sp³-hybridized carbons (Fsp3) is 0.667. The van der Waals surface area contributed by atoms with Crippen LogP contribution in [0.2, 0.25) is 0 Å². The van der Waals surface area contributed by atoms with Crippen LogP contribution >= 0.6 is 0 Å². The van der Waals surface area contributed by atoms with Crippen molar-refractivity contribution in [2.75, 3.05) is 19.7 Å². The monoisotopic (exact) mass is 184 g/mol. The molecule has 1 aliphatic rings. The van der Waals surface area contributed by atoms with E-state index >= 15 is 0 Å². The molecule has 2 N–H and O–H groups in total. The standard InChI is InChI=1S/C9H16N2O2/c1-3-4-11-5-6-13-7(2)8(11)9(10)12/h3,7-8H,1,4-6H2,2H3,(H2,10,12)/t7-,8+/m1/s1. The lowest BCUT2D eigenvalue weighted by Gasteiger charge is -2.37. The first-order valence-electron chi connectivity index (χ1n) is 4.42. The molecule has 1 saturated heterocycles. The van der Waals surface area contributed by atoms with E-state index in [9.17, 15) is 4.79 Å². The van der Waals surface area contributed by atoms with Gasteiger partial charge in [0.1, 0.15) is 6.04 Å². The Labute approximate surface area is 78.3 Å². The van der Waals surface area contributed by atoms with Gasteiger partial charge in [-0.25, -0.2) is 0 Å². The Morgan fingerprint density at radius 2 is 2.54 bits per heavy atom. The second-order valence-electron chi connectivity index (χ2n) is 3.21. The summed E-state index contributed by atoms with van der Waals surface area (Å²) in [6, 6.07) is -0.313. The highest BCUT2D eigenvalue weighted by Crippen LogP contribution is 2.13. The van der Waals surface area contributed by atoms with E-state index in [4.69, 9.17) is 10.5 Å². The van der Waals surface area contributed by atoms with Crippen molar-refractivity contribution in [2.45, 2.75) is 19.1 Å². The summed E-state index contributed by atoms with van der Waals surface area (Å²) >= 11 is 0. The van der Waals surface area contributed by atoms with Gasteiger partial charge >= 0.3 is 0 Å². The summed E-state index contributed by atoms with van der Waals surface area (Å²) in [6.07, 6.45) is 1.65. The number of carbonyl (C=O) groups excluding carboxylic acids is 1. The van der Waals surface area contributed by atoms with E-state index in [1.165, 1.54) is 0 Å². The van der Waals surface area contributed by atoms with Gasteiger partial charge in [-0.05, 0) is 6.92 Å². The summed E-state index contributed by atoms with van der Waals surface area (Å²) in [5.74, 6) is -0.325. The number of hydrogen-bond acceptors (Lipinski definition) is 3. The largest absolute Gasteiger partial charge is 0.375 e. The molecule has 4 nitrogen and oxygen atoms in total. The van der Waals surface area contributed by atoms with Crippen LogP contribution in [0, 0.1) is 0 Å². The van der Waals surface area contributed by atoms with Gasteiger partial charge in [-0.2, -0.15) is 0 Å². The Bertz CT molecular complexity index is 206. The average molecular weight is 184 g/mol. The Balaban J connectivity index is 2.67. The Kier molecular flexibility index (Phi) is 3.45. The summed E-state index contributed by atoms with van der Waals surface area (Å²) in [5.41, 5.74) is 5.28. The van der Waals surface area contributed by atoms with E-state index in [1.54, 1.807) is 6.08 Å². The number of hydrogen-bond donors (Lipinski definition) is 1. The molecular weight excluding hydrogens is 168 g/mol. The SMILES string of the molecule is C=CCN1CCO[C@H](C)[C@H]1C(N)=O. The molecule has 1 rings (SSSR count). The van der Waals surface area contributed by atoms with Crippen molar-refractivity contribution in [1.82, 2.24) is 4.90 Å². The lowest BCUT2D eigenvalue weighted by atomic mass is 10.1. The molecule has 0 aromatic heterocycles. The van der Waals surface area contributed by atoms with E-state index in [-0.39, 0.29) is 18.1 Å². The predicted octanol–water partition coefficient (Wildman–Crippen LogP) is -0.253. The minimum Gasteiger partial charge on any atom is -0.375 e. The molecule has 0 aromatic rings. The molecule has 1 amide bonds. The van der Waals surface area contributed by atoms with E-state index in [0.717, 1.165) is 6.54 Å². The Hall–Kier alpha value is -0.870. The van der Waals surface area contributed by atoms with Gasteiger partial charge in [0.2, 0.25) is 5.91 Å². The third kappa shape index (κ3) is 2.29. The van der Waals surface area contributed by atoms with Crippen LogP contribution < -0.4 is 5.73 Å². The summed E-state index contributed by atoms with van der Waals surface area (Å²) in [6.45, 7) is 7.58. The van der Waals surface area contributed by atoms with Crippen LogP contribution in [0.3, 0.4) is 0 Å². The minimum absolute atomic E-state index is 0.119. The maximum atomic E-state index is 11.1. The molecule has 0 aromatic carbocycles. The molecule has 0 spiro atoms. The number of amides is 1.